The monoisotopic (exact) mass is 318 g/mol. The van der Waals surface area contributed by atoms with Gasteiger partial charge >= 0.3 is 0 Å². The Kier molecular flexibility index (Phi) is 2.67. The number of hydrogen-bond donors (Lipinski definition) is 1. The number of fused-ring (bicyclic) bond motifs is 3. The van der Waals surface area contributed by atoms with E-state index in [1.807, 2.05) is 12.3 Å². The van der Waals surface area contributed by atoms with Crippen molar-refractivity contribution >= 4 is 37.6 Å². The quantitative estimate of drug-likeness (QED) is 0.610. The average Bonchev–Trinajstić information content (AvgIpc) is 3.29. The van der Waals surface area contributed by atoms with Crippen LogP contribution in [0.4, 0.5) is 5.82 Å². The van der Waals surface area contributed by atoms with Crippen molar-refractivity contribution < 1.29 is 0 Å². The molecule has 1 fully saturated rings. The van der Waals surface area contributed by atoms with E-state index < -0.39 is 0 Å². The van der Waals surface area contributed by atoms with Crippen LogP contribution < -0.4 is 5.32 Å². The van der Waals surface area contributed by atoms with Crippen LogP contribution in [0.3, 0.4) is 0 Å². The second-order valence-electron chi connectivity index (χ2n) is 5.93. The van der Waals surface area contributed by atoms with E-state index in [2.05, 4.69) is 56.7 Å². The molecule has 1 aliphatic rings. The van der Waals surface area contributed by atoms with Gasteiger partial charge in [0.15, 0.2) is 0 Å². The summed E-state index contributed by atoms with van der Waals surface area (Å²) in [5.41, 5.74) is 2.33. The number of pyridine rings is 1. The maximum absolute atomic E-state index is 4.51. The highest BCUT2D eigenvalue weighted by atomic mass is 32.1. The molecule has 0 aliphatic heterocycles. The SMILES string of the molecule is c1ccc(C2(Nc3ncnc4c3sc3ncccc34)CC2)cc1. The molecule has 5 rings (SSSR count). The summed E-state index contributed by atoms with van der Waals surface area (Å²) in [4.78, 5) is 14.4. The molecule has 3 aromatic heterocycles. The lowest BCUT2D eigenvalue weighted by molar-refractivity contribution is 0.802. The van der Waals surface area contributed by atoms with Crippen LogP contribution in [0.25, 0.3) is 20.4 Å². The first-order valence-electron chi connectivity index (χ1n) is 7.68. The fourth-order valence-electron chi connectivity index (χ4n) is 3.10. The largest absolute Gasteiger partial charge is 0.359 e. The minimum atomic E-state index is 0.0200. The van der Waals surface area contributed by atoms with Crippen molar-refractivity contribution in [1.29, 1.82) is 0 Å². The van der Waals surface area contributed by atoms with Crippen LogP contribution in [0.1, 0.15) is 18.4 Å². The zero-order chi connectivity index (χ0) is 15.3. The molecule has 1 aliphatic carbocycles. The minimum absolute atomic E-state index is 0.0200. The van der Waals surface area contributed by atoms with E-state index in [0.29, 0.717) is 0 Å². The lowest BCUT2D eigenvalue weighted by Gasteiger charge is -2.18. The van der Waals surface area contributed by atoms with Gasteiger partial charge in [-0.25, -0.2) is 15.0 Å². The molecule has 1 N–H and O–H groups in total. The van der Waals surface area contributed by atoms with Crippen LogP contribution in [-0.4, -0.2) is 15.0 Å². The number of hydrogen-bond acceptors (Lipinski definition) is 5. The summed E-state index contributed by atoms with van der Waals surface area (Å²) >= 11 is 1.65. The van der Waals surface area contributed by atoms with Crippen molar-refractivity contribution in [2.45, 2.75) is 18.4 Å². The third kappa shape index (κ3) is 2.00. The normalized spacial score (nSPS) is 15.8. The van der Waals surface area contributed by atoms with Crippen LogP contribution >= 0.6 is 11.3 Å². The summed E-state index contributed by atoms with van der Waals surface area (Å²) in [5, 5.41) is 4.78. The predicted octanol–water partition coefficient (Wildman–Crippen LogP) is 4.34. The van der Waals surface area contributed by atoms with E-state index in [4.69, 9.17) is 0 Å². The van der Waals surface area contributed by atoms with E-state index in [0.717, 1.165) is 39.1 Å². The summed E-state index contributed by atoms with van der Waals surface area (Å²) in [6.45, 7) is 0. The smallest absolute Gasteiger partial charge is 0.148 e. The summed E-state index contributed by atoms with van der Waals surface area (Å²) in [5.74, 6) is 0.916. The Morgan fingerprint density at radius 3 is 2.65 bits per heavy atom. The van der Waals surface area contributed by atoms with Gasteiger partial charge in [-0.1, -0.05) is 30.3 Å². The van der Waals surface area contributed by atoms with E-state index >= 15 is 0 Å². The first kappa shape index (κ1) is 13.0. The molecule has 3 heterocycles. The Bertz CT molecular complexity index is 1010. The third-order valence-corrected chi connectivity index (χ3v) is 5.57. The van der Waals surface area contributed by atoms with Gasteiger partial charge in [-0.2, -0.15) is 0 Å². The van der Waals surface area contributed by atoms with Crippen LogP contribution in [-0.2, 0) is 5.54 Å². The van der Waals surface area contributed by atoms with Gasteiger partial charge < -0.3 is 5.32 Å². The molecule has 112 valence electrons. The van der Waals surface area contributed by atoms with E-state index in [1.54, 1.807) is 17.7 Å². The molecule has 0 atom stereocenters. The number of benzene rings is 1. The highest BCUT2D eigenvalue weighted by Crippen LogP contribution is 2.49. The van der Waals surface area contributed by atoms with Gasteiger partial charge in [0.25, 0.3) is 0 Å². The Morgan fingerprint density at radius 2 is 1.83 bits per heavy atom. The third-order valence-electron chi connectivity index (χ3n) is 4.46. The first-order chi connectivity index (χ1) is 11.4. The molecule has 5 heteroatoms. The highest BCUT2D eigenvalue weighted by molar-refractivity contribution is 7.25. The summed E-state index contributed by atoms with van der Waals surface area (Å²) < 4.78 is 1.09. The minimum Gasteiger partial charge on any atom is -0.359 e. The second kappa shape index (κ2) is 4.73. The second-order valence-corrected chi connectivity index (χ2v) is 6.93. The Labute approximate surface area is 137 Å². The standard InChI is InChI=1S/C18H14N4S/c1-2-5-12(6-3-1)18(8-9-18)22-16-15-14(20-11-21-16)13-7-4-10-19-17(13)23-15/h1-7,10-11H,8-9H2,(H,20,21,22). The first-order valence-corrected chi connectivity index (χ1v) is 8.49. The topological polar surface area (TPSA) is 50.7 Å². The number of aromatic nitrogens is 3. The van der Waals surface area contributed by atoms with Crippen LogP contribution in [0.2, 0.25) is 0 Å². The van der Waals surface area contributed by atoms with Crippen molar-refractivity contribution in [3.8, 4) is 0 Å². The fourth-order valence-corrected chi connectivity index (χ4v) is 4.14. The van der Waals surface area contributed by atoms with Crippen molar-refractivity contribution in [3.05, 3.63) is 60.6 Å². The van der Waals surface area contributed by atoms with Crippen molar-refractivity contribution in [2.24, 2.45) is 0 Å². The van der Waals surface area contributed by atoms with Crippen molar-refractivity contribution in [3.63, 3.8) is 0 Å². The van der Waals surface area contributed by atoms with Crippen LogP contribution in [0.5, 0.6) is 0 Å². The zero-order valence-corrected chi connectivity index (χ0v) is 13.2. The number of nitrogens with one attached hydrogen (secondary N) is 1. The number of thiophene rings is 1. The number of rotatable bonds is 3. The molecule has 0 bridgehead atoms. The predicted molar refractivity (Wildman–Crippen MR) is 93.7 cm³/mol. The highest BCUT2D eigenvalue weighted by Gasteiger charge is 2.44. The molecule has 1 saturated carbocycles. The fraction of sp³-hybridized carbons (Fsp3) is 0.167. The molecule has 0 amide bonds. The number of anilines is 1. The van der Waals surface area contributed by atoms with Gasteiger partial charge in [0, 0.05) is 11.6 Å². The Hall–Kier alpha value is -2.53. The molecule has 4 nitrogen and oxygen atoms in total. The molecule has 0 saturated heterocycles. The lowest BCUT2D eigenvalue weighted by atomic mass is 10.1. The van der Waals surface area contributed by atoms with Crippen molar-refractivity contribution in [1.82, 2.24) is 15.0 Å². The molecule has 4 aromatic rings. The zero-order valence-electron chi connectivity index (χ0n) is 12.4. The Balaban J connectivity index is 1.64. The molecule has 0 unspecified atom stereocenters. The Morgan fingerprint density at radius 1 is 0.957 bits per heavy atom. The average molecular weight is 318 g/mol. The molecule has 1 aromatic carbocycles. The molecule has 0 radical (unpaired) electrons. The van der Waals surface area contributed by atoms with Crippen LogP contribution in [0, 0.1) is 0 Å². The maximum Gasteiger partial charge on any atom is 0.148 e. The van der Waals surface area contributed by atoms with Gasteiger partial charge in [-0.05, 0) is 30.5 Å². The van der Waals surface area contributed by atoms with Crippen molar-refractivity contribution in [2.75, 3.05) is 5.32 Å². The van der Waals surface area contributed by atoms with Gasteiger partial charge in [0.1, 0.15) is 17.0 Å². The molecule has 0 spiro atoms. The summed E-state index contributed by atoms with van der Waals surface area (Å²) in [6.07, 6.45) is 5.73. The van der Waals surface area contributed by atoms with E-state index in [-0.39, 0.29) is 5.54 Å². The molecular formula is C18H14N4S. The summed E-state index contributed by atoms with van der Waals surface area (Å²) in [7, 11) is 0. The number of nitrogens with zero attached hydrogens (tertiary/aromatic N) is 3. The van der Waals surface area contributed by atoms with Gasteiger partial charge in [-0.3, -0.25) is 0 Å². The van der Waals surface area contributed by atoms with Gasteiger partial charge in [0.2, 0.25) is 0 Å². The van der Waals surface area contributed by atoms with Gasteiger partial charge in [0.05, 0.1) is 15.8 Å². The van der Waals surface area contributed by atoms with E-state index in [9.17, 15) is 0 Å². The molecular weight excluding hydrogens is 304 g/mol. The molecule has 23 heavy (non-hydrogen) atoms. The maximum atomic E-state index is 4.51. The van der Waals surface area contributed by atoms with Crippen LogP contribution in [0.15, 0.2) is 55.0 Å². The summed E-state index contributed by atoms with van der Waals surface area (Å²) in [6, 6.07) is 14.6. The van der Waals surface area contributed by atoms with Gasteiger partial charge in [-0.15, -0.1) is 11.3 Å². The van der Waals surface area contributed by atoms with E-state index in [1.165, 1.54) is 5.56 Å². The lowest BCUT2D eigenvalue weighted by Crippen LogP contribution is -2.19.